The lowest BCUT2D eigenvalue weighted by Crippen LogP contribution is -2.70. The van der Waals surface area contributed by atoms with Gasteiger partial charge in [0.1, 0.15) is 35.9 Å². The highest BCUT2D eigenvalue weighted by Crippen LogP contribution is 2.41. The molecule has 1 saturated heterocycles. The number of ketones is 1. The van der Waals surface area contributed by atoms with Crippen LogP contribution in [0.25, 0.3) is 0 Å². The number of ether oxygens (including phenoxy) is 3. The molecule has 3 atom stereocenters. The SMILES string of the molecule is CC(=O)CC(=O)OCC1=C(C(=O)OC(OC(=O)CC(C)C)C(C)C)N2C(=O)[C@@H](NC(=O)Cc3csc(N)n3)[C@H]2SC1. The van der Waals surface area contributed by atoms with Gasteiger partial charge in [0, 0.05) is 29.0 Å². The van der Waals surface area contributed by atoms with Gasteiger partial charge in [-0.2, -0.15) is 0 Å². The molecule has 41 heavy (non-hydrogen) atoms. The molecule has 1 unspecified atom stereocenters. The van der Waals surface area contributed by atoms with Gasteiger partial charge in [0.05, 0.1) is 12.1 Å². The number of amides is 2. The van der Waals surface area contributed by atoms with E-state index < -0.39 is 59.8 Å². The summed E-state index contributed by atoms with van der Waals surface area (Å²) in [6.45, 7) is 7.98. The number of anilines is 1. The van der Waals surface area contributed by atoms with Crippen LogP contribution < -0.4 is 11.1 Å². The number of fused-ring (bicyclic) bond motifs is 1. The number of carbonyl (C=O) groups excluding carboxylic acids is 6. The second-order valence-electron chi connectivity index (χ2n) is 10.4. The minimum Gasteiger partial charge on any atom is -0.461 e. The topological polar surface area (TPSA) is 184 Å². The van der Waals surface area contributed by atoms with Crippen LogP contribution in [0.4, 0.5) is 5.13 Å². The average Bonchev–Trinajstić information content (AvgIpc) is 3.27. The van der Waals surface area contributed by atoms with Crippen molar-refractivity contribution in [3.05, 3.63) is 22.3 Å². The van der Waals surface area contributed by atoms with E-state index in [-0.39, 0.29) is 48.2 Å². The number of rotatable bonds is 13. The monoisotopic (exact) mass is 610 g/mol. The molecule has 2 aliphatic rings. The predicted molar refractivity (Wildman–Crippen MR) is 149 cm³/mol. The number of Topliss-reactive ketones (excluding diaryl/α,β-unsaturated/α-hetero) is 1. The second-order valence-corrected chi connectivity index (χ2v) is 12.4. The third-order valence-electron chi connectivity index (χ3n) is 5.86. The summed E-state index contributed by atoms with van der Waals surface area (Å²) in [6.07, 6.45) is -1.62. The lowest BCUT2D eigenvalue weighted by molar-refractivity contribution is -0.195. The third-order valence-corrected chi connectivity index (χ3v) is 7.92. The number of nitrogens with one attached hydrogen (secondary N) is 1. The number of thioether (sulfide) groups is 1. The number of aromatic nitrogens is 1. The first-order chi connectivity index (χ1) is 19.3. The fourth-order valence-corrected chi connectivity index (χ4v) is 5.86. The Hall–Kier alpha value is -3.46. The molecule has 3 heterocycles. The van der Waals surface area contributed by atoms with Gasteiger partial charge >= 0.3 is 17.9 Å². The zero-order valence-electron chi connectivity index (χ0n) is 23.5. The van der Waals surface area contributed by atoms with E-state index in [0.717, 1.165) is 0 Å². The maximum atomic E-state index is 13.5. The maximum Gasteiger partial charge on any atom is 0.358 e. The van der Waals surface area contributed by atoms with Crippen molar-refractivity contribution in [2.45, 2.75) is 71.6 Å². The highest BCUT2D eigenvalue weighted by atomic mass is 32.2. The molecule has 0 aromatic carbocycles. The lowest BCUT2D eigenvalue weighted by Gasteiger charge is -2.49. The fourth-order valence-electron chi connectivity index (χ4n) is 3.97. The molecule has 15 heteroatoms. The van der Waals surface area contributed by atoms with E-state index in [2.05, 4.69) is 10.3 Å². The summed E-state index contributed by atoms with van der Waals surface area (Å²) in [5.41, 5.74) is 6.20. The van der Waals surface area contributed by atoms with Gasteiger partial charge in [-0.15, -0.1) is 23.1 Å². The smallest absolute Gasteiger partial charge is 0.358 e. The van der Waals surface area contributed by atoms with Gasteiger partial charge in [0.25, 0.3) is 5.91 Å². The Morgan fingerprint density at radius 2 is 1.85 bits per heavy atom. The summed E-state index contributed by atoms with van der Waals surface area (Å²) in [6, 6.07) is -0.919. The Balaban J connectivity index is 1.79. The van der Waals surface area contributed by atoms with Crippen LogP contribution in [-0.2, 0) is 49.4 Å². The Bertz CT molecular complexity index is 1240. The number of esters is 3. The zero-order valence-corrected chi connectivity index (χ0v) is 25.1. The number of nitrogens with two attached hydrogens (primary N) is 1. The van der Waals surface area contributed by atoms with E-state index in [1.807, 2.05) is 13.8 Å². The minimum atomic E-state index is -1.23. The molecular formula is C26H34N4O9S2. The van der Waals surface area contributed by atoms with E-state index >= 15 is 0 Å². The largest absolute Gasteiger partial charge is 0.461 e. The van der Waals surface area contributed by atoms with Crippen molar-refractivity contribution < 1.29 is 43.0 Å². The molecule has 0 saturated carbocycles. The first kappa shape index (κ1) is 32.1. The van der Waals surface area contributed by atoms with Gasteiger partial charge in [0.15, 0.2) is 5.13 Å². The van der Waals surface area contributed by atoms with E-state index in [1.54, 1.807) is 19.2 Å². The molecule has 13 nitrogen and oxygen atoms in total. The molecule has 3 rings (SSSR count). The van der Waals surface area contributed by atoms with Crippen LogP contribution in [-0.4, -0.2) is 75.5 Å². The van der Waals surface area contributed by atoms with Gasteiger partial charge in [0.2, 0.25) is 12.2 Å². The molecule has 224 valence electrons. The molecule has 2 amide bonds. The van der Waals surface area contributed by atoms with Gasteiger partial charge in [-0.05, 0) is 12.8 Å². The van der Waals surface area contributed by atoms with Crippen molar-refractivity contribution in [1.29, 1.82) is 0 Å². The highest BCUT2D eigenvalue weighted by molar-refractivity contribution is 8.00. The number of hydrogen-bond donors (Lipinski definition) is 2. The Labute approximate surface area is 245 Å². The molecule has 1 aromatic heterocycles. The number of β-lactam (4-membered cyclic amide) rings is 1. The first-order valence-electron chi connectivity index (χ1n) is 13.0. The molecule has 0 spiro atoms. The average molecular weight is 611 g/mol. The van der Waals surface area contributed by atoms with Crippen molar-refractivity contribution in [1.82, 2.24) is 15.2 Å². The Morgan fingerprint density at radius 1 is 1.15 bits per heavy atom. The minimum absolute atomic E-state index is 0.0277. The van der Waals surface area contributed by atoms with Crippen LogP contribution >= 0.6 is 23.1 Å². The van der Waals surface area contributed by atoms with Crippen LogP contribution in [0.3, 0.4) is 0 Å². The van der Waals surface area contributed by atoms with E-state index in [4.69, 9.17) is 19.9 Å². The molecule has 0 aliphatic carbocycles. The quantitative estimate of drug-likeness (QED) is 0.142. The number of thiazole rings is 1. The van der Waals surface area contributed by atoms with Crippen LogP contribution in [0.2, 0.25) is 0 Å². The molecule has 0 radical (unpaired) electrons. The van der Waals surface area contributed by atoms with Crippen LogP contribution in [0.15, 0.2) is 16.7 Å². The molecule has 1 aromatic rings. The van der Waals surface area contributed by atoms with E-state index in [9.17, 15) is 28.8 Å². The lowest BCUT2D eigenvalue weighted by atomic mass is 10.0. The molecule has 1 fully saturated rings. The molecule has 2 aliphatic heterocycles. The predicted octanol–water partition coefficient (Wildman–Crippen LogP) is 1.56. The summed E-state index contributed by atoms with van der Waals surface area (Å²) in [4.78, 5) is 80.1. The summed E-state index contributed by atoms with van der Waals surface area (Å²) < 4.78 is 16.1. The van der Waals surface area contributed by atoms with E-state index in [1.165, 1.54) is 34.9 Å². The summed E-state index contributed by atoms with van der Waals surface area (Å²) in [5, 5.41) is 4.01. The van der Waals surface area contributed by atoms with Gasteiger partial charge < -0.3 is 25.3 Å². The number of hydrogen-bond acceptors (Lipinski definition) is 13. The van der Waals surface area contributed by atoms with Crippen molar-refractivity contribution in [2.24, 2.45) is 11.8 Å². The normalized spacial score (nSPS) is 18.9. The number of nitrogens with zero attached hydrogens (tertiary/aromatic N) is 2. The van der Waals surface area contributed by atoms with Crippen molar-refractivity contribution in [3.63, 3.8) is 0 Å². The fraction of sp³-hybridized carbons (Fsp3) is 0.577. The van der Waals surface area contributed by atoms with Crippen molar-refractivity contribution in [3.8, 4) is 0 Å². The molecular weight excluding hydrogens is 576 g/mol. The standard InChI is InChI=1S/C26H34N4O9S2/c1-12(2)6-19(34)38-25(13(3)4)39-24(36)21-15(9-37-18(33)7-14(5)31)10-40-23-20(22(35)30(21)23)29-17(32)8-16-11-41-26(27)28-16/h11-13,20,23,25H,6-10H2,1-5H3,(H2,27,28)(H,29,32)/t20-,23-,25?/m1/s1. The van der Waals surface area contributed by atoms with Crippen molar-refractivity contribution >= 4 is 63.7 Å². The van der Waals surface area contributed by atoms with Gasteiger partial charge in [-0.3, -0.25) is 28.9 Å². The van der Waals surface area contributed by atoms with Crippen molar-refractivity contribution in [2.75, 3.05) is 18.1 Å². The molecule has 3 N–H and O–H groups in total. The third kappa shape index (κ3) is 8.52. The Morgan fingerprint density at radius 3 is 2.44 bits per heavy atom. The van der Waals surface area contributed by atoms with E-state index in [0.29, 0.717) is 10.8 Å². The maximum absolute atomic E-state index is 13.5. The van der Waals surface area contributed by atoms with Crippen LogP contribution in [0.5, 0.6) is 0 Å². The number of nitrogen functional groups attached to an aromatic ring is 1. The number of carbonyl (C=O) groups is 6. The summed E-state index contributed by atoms with van der Waals surface area (Å²) in [5.74, 6) is -3.87. The Kier molecular flexibility index (Phi) is 10.9. The van der Waals surface area contributed by atoms with Crippen LogP contribution in [0, 0.1) is 11.8 Å². The highest BCUT2D eigenvalue weighted by Gasteiger charge is 2.54. The molecule has 0 bridgehead atoms. The van der Waals surface area contributed by atoms with Gasteiger partial charge in [-0.25, -0.2) is 9.78 Å². The van der Waals surface area contributed by atoms with Crippen LogP contribution in [0.1, 0.15) is 53.2 Å². The second kappa shape index (κ2) is 13.9. The summed E-state index contributed by atoms with van der Waals surface area (Å²) in [7, 11) is 0. The zero-order chi connectivity index (χ0) is 30.4. The summed E-state index contributed by atoms with van der Waals surface area (Å²) >= 11 is 2.46. The first-order valence-corrected chi connectivity index (χ1v) is 14.9. The van der Waals surface area contributed by atoms with Gasteiger partial charge in [-0.1, -0.05) is 27.7 Å².